The first kappa shape index (κ1) is 22.4. The van der Waals surface area contributed by atoms with Crippen LogP contribution < -0.4 is 10.1 Å². The Morgan fingerprint density at radius 2 is 1.64 bits per heavy atom. The number of hydrogen-bond acceptors (Lipinski definition) is 4. The van der Waals surface area contributed by atoms with E-state index in [0.717, 1.165) is 23.3 Å². The lowest BCUT2D eigenvalue weighted by Crippen LogP contribution is -2.41. The summed E-state index contributed by atoms with van der Waals surface area (Å²) in [6, 6.07) is 26.6. The number of carbonyl (C=O) groups excluding carboxylic acids is 2. The van der Waals surface area contributed by atoms with Crippen LogP contribution in [0.2, 0.25) is 0 Å². The van der Waals surface area contributed by atoms with Gasteiger partial charge in [-0.2, -0.15) is 0 Å². The van der Waals surface area contributed by atoms with E-state index in [0.29, 0.717) is 31.6 Å². The van der Waals surface area contributed by atoms with E-state index < -0.39 is 0 Å². The number of rotatable bonds is 9. The van der Waals surface area contributed by atoms with E-state index in [1.54, 1.807) is 17.0 Å². The Hall–Kier alpha value is -3.80. The van der Waals surface area contributed by atoms with Crippen LogP contribution in [0.25, 0.3) is 0 Å². The van der Waals surface area contributed by atoms with Crippen molar-refractivity contribution in [2.75, 3.05) is 19.6 Å². The molecule has 3 aromatic carbocycles. The zero-order valence-electron chi connectivity index (χ0n) is 18.5. The molecule has 170 valence electrons. The highest BCUT2D eigenvalue weighted by Gasteiger charge is 2.27. The molecule has 1 heterocycles. The second-order valence-electron chi connectivity index (χ2n) is 8.01. The van der Waals surface area contributed by atoms with Gasteiger partial charge in [-0.05, 0) is 35.7 Å². The van der Waals surface area contributed by atoms with Crippen LogP contribution in [0.5, 0.6) is 5.75 Å². The lowest BCUT2D eigenvalue weighted by atomic mass is 10.1. The van der Waals surface area contributed by atoms with Gasteiger partial charge in [-0.1, -0.05) is 66.7 Å². The van der Waals surface area contributed by atoms with Gasteiger partial charge in [0.15, 0.2) is 0 Å². The Labute approximate surface area is 194 Å². The van der Waals surface area contributed by atoms with Gasteiger partial charge in [0, 0.05) is 25.1 Å². The van der Waals surface area contributed by atoms with Crippen LogP contribution in [0.4, 0.5) is 4.79 Å². The maximum Gasteiger partial charge on any atom is 0.410 e. The fraction of sp³-hybridized carbons (Fsp3) is 0.259. The normalized spacial score (nSPS) is 14.1. The third-order valence-corrected chi connectivity index (χ3v) is 5.53. The van der Waals surface area contributed by atoms with Crippen molar-refractivity contribution in [3.05, 3.63) is 102 Å². The Kier molecular flexibility index (Phi) is 7.59. The Morgan fingerprint density at radius 3 is 2.39 bits per heavy atom. The molecule has 0 fully saturated rings. The molecular formula is C27H28N2O4. The molecular weight excluding hydrogens is 416 g/mol. The lowest BCUT2D eigenvalue weighted by molar-refractivity contribution is 0.0787. The zero-order valence-corrected chi connectivity index (χ0v) is 18.5. The monoisotopic (exact) mass is 444 g/mol. The van der Waals surface area contributed by atoms with Crippen molar-refractivity contribution in [2.24, 2.45) is 0 Å². The number of hydrogen-bond donors (Lipinski definition) is 1. The van der Waals surface area contributed by atoms with E-state index in [9.17, 15) is 9.59 Å². The average molecular weight is 445 g/mol. The molecule has 0 aliphatic carbocycles. The summed E-state index contributed by atoms with van der Waals surface area (Å²) in [4.78, 5) is 26.8. The summed E-state index contributed by atoms with van der Waals surface area (Å²) in [5.41, 5.74) is 2.70. The quantitative estimate of drug-likeness (QED) is 0.495. The number of nitrogens with zero attached hydrogens (tertiary/aromatic N) is 1. The summed E-state index contributed by atoms with van der Waals surface area (Å²) < 4.78 is 11.6. The van der Waals surface area contributed by atoms with Crippen molar-refractivity contribution in [1.29, 1.82) is 0 Å². The van der Waals surface area contributed by atoms with E-state index in [4.69, 9.17) is 9.47 Å². The van der Waals surface area contributed by atoms with E-state index in [1.165, 1.54) is 0 Å². The molecule has 6 heteroatoms. The Morgan fingerprint density at radius 1 is 0.939 bits per heavy atom. The molecule has 0 saturated carbocycles. The molecule has 33 heavy (non-hydrogen) atoms. The molecule has 6 nitrogen and oxygen atoms in total. The van der Waals surface area contributed by atoms with Gasteiger partial charge in [-0.3, -0.25) is 4.79 Å². The third-order valence-electron chi connectivity index (χ3n) is 5.53. The van der Waals surface area contributed by atoms with Crippen molar-refractivity contribution < 1.29 is 19.1 Å². The van der Waals surface area contributed by atoms with Gasteiger partial charge in [-0.25, -0.2) is 4.79 Å². The first-order chi connectivity index (χ1) is 16.2. The summed E-state index contributed by atoms with van der Waals surface area (Å²) in [6.45, 7) is 1.56. The molecule has 0 radical (unpaired) electrons. The topological polar surface area (TPSA) is 67.9 Å². The SMILES string of the molecule is O=C(NCCCN(CC1Cc2ccccc2O1)C(=O)OCc1ccccc1)c1ccccc1. The summed E-state index contributed by atoms with van der Waals surface area (Å²) in [7, 11) is 0. The number of fused-ring (bicyclic) bond motifs is 1. The molecule has 1 atom stereocenters. The van der Waals surface area contributed by atoms with E-state index in [-0.39, 0.29) is 24.7 Å². The van der Waals surface area contributed by atoms with Gasteiger partial charge in [0.1, 0.15) is 18.5 Å². The van der Waals surface area contributed by atoms with Gasteiger partial charge in [0.2, 0.25) is 0 Å². The van der Waals surface area contributed by atoms with Crippen molar-refractivity contribution in [2.45, 2.75) is 25.6 Å². The van der Waals surface area contributed by atoms with Crippen LogP contribution in [0.1, 0.15) is 27.9 Å². The van der Waals surface area contributed by atoms with Crippen LogP contribution >= 0.6 is 0 Å². The molecule has 1 aliphatic heterocycles. The minimum absolute atomic E-state index is 0.120. The van der Waals surface area contributed by atoms with Crippen LogP contribution in [-0.2, 0) is 17.8 Å². The molecule has 1 N–H and O–H groups in total. The lowest BCUT2D eigenvalue weighted by Gasteiger charge is -2.25. The first-order valence-corrected chi connectivity index (χ1v) is 11.2. The van der Waals surface area contributed by atoms with Crippen LogP contribution in [0, 0.1) is 0 Å². The van der Waals surface area contributed by atoms with Crippen LogP contribution in [0.3, 0.4) is 0 Å². The fourth-order valence-electron chi connectivity index (χ4n) is 3.83. The molecule has 3 aromatic rings. The Bertz CT molecular complexity index is 1030. The molecule has 0 aromatic heterocycles. The number of ether oxygens (including phenoxy) is 2. The number of benzene rings is 3. The summed E-state index contributed by atoms with van der Waals surface area (Å²) in [6.07, 6.45) is 0.862. The predicted molar refractivity (Wildman–Crippen MR) is 126 cm³/mol. The van der Waals surface area contributed by atoms with Gasteiger partial charge in [0.25, 0.3) is 5.91 Å². The number of para-hydroxylation sites is 1. The first-order valence-electron chi connectivity index (χ1n) is 11.2. The number of carbonyl (C=O) groups is 2. The third kappa shape index (κ3) is 6.35. The standard InChI is InChI=1S/C27H28N2O4/c30-26(22-12-5-2-6-13-22)28-16-9-17-29(27(31)32-20-21-10-3-1-4-11-21)19-24-18-23-14-7-8-15-25(23)33-24/h1-8,10-15,24H,9,16-20H2,(H,28,30). The van der Waals surface area contributed by atoms with Crippen molar-refractivity contribution in [3.8, 4) is 5.75 Å². The van der Waals surface area contributed by atoms with E-state index in [2.05, 4.69) is 5.32 Å². The summed E-state index contributed by atoms with van der Waals surface area (Å²) in [5.74, 6) is 0.749. The van der Waals surface area contributed by atoms with Crippen molar-refractivity contribution in [1.82, 2.24) is 10.2 Å². The minimum Gasteiger partial charge on any atom is -0.488 e. The molecule has 1 unspecified atom stereocenters. The highest BCUT2D eigenvalue weighted by atomic mass is 16.6. The highest BCUT2D eigenvalue weighted by Crippen LogP contribution is 2.28. The average Bonchev–Trinajstić information content (AvgIpc) is 3.28. The number of amides is 2. The maximum absolute atomic E-state index is 12.9. The predicted octanol–water partition coefficient (Wildman–Crippen LogP) is 4.45. The van der Waals surface area contributed by atoms with E-state index >= 15 is 0 Å². The zero-order chi connectivity index (χ0) is 22.9. The smallest absolute Gasteiger partial charge is 0.410 e. The number of nitrogens with one attached hydrogen (secondary N) is 1. The van der Waals surface area contributed by atoms with Gasteiger partial charge in [0.05, 0.1) is 6.54 Å². The summed E-state index contributed by atoms with van der Waals surface area (Å²) in [5, 5.41) is 2.91. The summed E-state index contributed by atoms with van der Waals surface area (Å²) >= 11 is 0. The molecule has 2 amide bonds. The Balaban J connectivity index is 1.31. The largest absolute Gasteiger partial charge is 0.488 e. The van der Waals surface area contributed by atoms with Gasteiger partial charge < -0.3 is 19.7 Å². The van der Waals surface area contributed by atoms with Crippen LogP contribution in [-0.4, -0.2) is 42.6 Å². The van der Waals surface area contributed by atoms with E-state index in [1.807, 2.05) is 72.8 Å². The maximum atomic E-state index is 12.9. The fourth-order valence-corrected chi connectivity index (χ4v) is 3.83. The molecule has 4 rings (SSSR count). The second kappa shape index (κ2) is 11.2. The minimum atomic E-state index is -0.382. The van der Waals surface area contributed by atoms with Crippen LogP contribution in [0.15, 0.2) is 84.9 Å². The molecule has 0 spiro atoms. The molecule has 0 bridgehead atoms. The highest BCUT2D eigenvalue weighted by molar-refractivity contribution is 5.94. The van der Waals surface area contributed by atoms with Crippen molar-refractivity contribution >= 4 is 12.0 Å². The van der Waals surface area contributed by atoms with Gasteiger partial charge >= 0.3 is 6.09 Å². The molecule has 0 saturated heterocycles. The van der Waals surface area contributed by atoms with Gasteiger partial charge in [-0.15, -0.1) is 0 Å². The molecule has 1 aliphatic rings. The van der Waals surface area contributed by atoms with Crippen molar-refractivity contribution in [3.63, 3.8) is 0 Å². The second-order valence-corrected chi connectivity index (χ2v) is 8.01.